The third kappa shape index (κ3) is 3.96. The van der Waals surface area contributed by atoms with Crippen LogP contribution in [0.1, 0.15) is 31.3 Å². The van der Waals surface area contributed by atoms with Gasteiger partial charge in [-0.1, -0.05) is 49.3 Å². The molecule has 19 heavy (non-hydrogen) atoms. The third-order valence-electron chi connectivity index (χ3n) is 2.70. The molecule has 0 amide bonds. The van der Waals surface area contributed by atoms with E-state index in [4.69, 9.17) is 21.8 Å². The Morgan fingerprint density at radius 1 is 1.26 bits per heavy atom. The molecule has 0 unspecified atom stereocenters. The Balaban J connectivity index is 1.95. The van der Waals surface area contributed by atoms with E-state index in [1.807, 2.05) is 38.1 Å². The molecule has 0 bridgehead atoms. The first-order chi connectivity index (χ1) is 9.06. The summed E-state index contributed by atoms with van der Waals surface area (Å²) in [5.74, 6) is 1.53. The van der Waals surface area contributed by atoms with Crippen molar-refractivity contribution in [2.45, 2.75) is 30.9 Å². The SMILES string of the molecule is CC(C)[C@H](N)c1nnc(SCc2ccc(Cl)cc2)o1. The molecule has 4 nitrogen and oxygen atoms in total. The molecular weight excluding hydrogens is 282 g/mol. The number of hydrogen-bond donors (Lipinski definition) is 1. The zero-order valence-electron chi connectivity index (χ0n) is 10.8. The number of thioether (sulfide) groups is 1. The molecule has 1 aromatic heterocycles. The van der Waals surface area contributed by atoms with E-state index >= 15 is 0 Å². The van der Waals surface area contributed by atoms with Crippen LogP contribution in [-0.2, 0) is 5.75 Å². The van der Waals surface area contributed by atoms with E-state index < -0.39 is 0 Å². The molecule has 0 aliphatic heterocycles. The second kappa shape index (κ2) is 6.41. The molecule has 1 atom stereocenters. The smallest absolute Gasteiger partial charge is 0.276 e. The molecule has 0 spiro atoms. The first kappa shape index (κ1) is 14.4. The Morgan fingerprint density at radius 2 is 1.95 bits per heavy atom. The van der Waals surface area contributed by atoms with Crippen molar-refractivity contribution in [1.29, 1.82) is 0 Å². The van der Waals surface area contributed by atoms with Crippen LogP contribution in [0.2, 0.25) is 5.02 Å². The summed E-state index contributed by atoms with van der Waals surface area (Å²) in [4.78, 5) is 0. The summed E-state index contributed by atoms with van der Waals surface area (Å²) in [5, 5.41) is 9.25. The molecule has 1 aromatic carbocycles. The Bertz CT molecular complexity index is 527. The van der Waals surface area contributed by atoms with E-state index in [2.05, 4.69) is 10.2 Å². The molecule has 2 aromatic rings. The fourth-order valence-corrected chi connectivity index (χ4v) is 2.28. The lowest BCUT2D eigenvalue weighted by molar-refractivity contribution is 0.349. The van der Waals surface area contributed by atoms with E-state index in [-0.39, 0.29) is 12.0 Å². The summed E-state index contributed by atoms with van der Waals surface area (Å²) in [6, 6.07) is 7.48. The van der Waals surface area contributed by atoms with Crippen molar-refractivity contribution in [2.24, 2.45) is 11.7 Å². The second-order valence-electron chi connectivity index (χ2n) is 4.59. The lowest BCUT2D eigenvalue weighted by Gasteiger charge is -2.09. The minimum Gasteiger partial charge on any atom is -0.414 e. The lowest BCUT2D eigenvalue weighted by Crippen LogP contribution is -2.16. The largest absolute Gasteiger partial charge is 0.414 e. The molecule has 102 valence electrons. The Labute approximate surface area is 121 Å². The summed E-state index contributed by atoms with van der Waals surface area (Å²) in [6.45, 7) is 4.05. The zero-order chi connectivity index (χ0) is 13.8. The summed E-state index contributed by atoms with van der Waals surface area (Å²) < 4.78 is 5.54. The van der Waals surface area contributed by atoms with Crippen LogP contribution in [0, 0.1) is 5.92 Å². The maximum absolute atomic E-state index is 5.95. The summed E-state index contributed by atoms with van der Waals surface area (Å²) >= 11 is 7.33. The molecule has 0 saturated heterocycles. The highest BCUT2D eigenvalue weighted by atomic mass is 35.5. The molecule has 0 radical (unpaired) electrons. The van der Waals surface area contributed by atoms with Gasteiger partial charge in [-0.15, -0.1) is 10.2 Å². The van der Waals surface area contributed by atoms with E-state index in [1.54, 1.807) is 0 Å². The van der Waals surface area contributed by atoms with Crippen LogP contribution >= 0.6 is 23.4 Å². The van der Waals surface area contributed by atoms with Crippen LogP contribution in [0.4, 0.5) is 0 Å². The van der Waals surface area contributed by atoms with Crippen molar-refractivity contribution in [3.05, 3.63) is 40.7 Å². The number of hydrogen-bond acceptors (Lipinski definition) is 5. The topological polar surface area (TPSA) is 64.9 Å². The average Bonchev–Trinajstić information content (AvgIpc) is 2.86. The molecule has 1 heterocycles. The number of nitrogens with two attached hydrogens (primary N) is 1. The van der Waals surface area contributed by atoms with Gasteiger partial charge in [0.1, 0.15) is 0 Å². The van der Waals surface area contributed by atoms with Gasteiger partial charge in [0, 0.05) is 10.8 Å². The minimum atomic E-state index is -0.211. The number of halogens is 1. The zero-order valence-corrected chi connectivity index (χ0v) is 12.4. The molecule has 0 fully saturated rings. The minimum absolute atomic E-state index is 0.211. The van der Waals surface area contributed by atoms with Crippen LogP contribution < -0.4 is 5.73 Å². The third-order valence-corrected chi connectivity index (χ3v) is 3.84. The lowest BCUT2D eigenvalue weighted by atomic mass is 10.1. The van der Waals surface area contributed by atoms with E-state index in [1.165, 1.54) is 11.8 Å². The van der Waals surface area contributed by atoms with Crippen LogP contribution in [0.15, 0.2) is 33.9 Å². The first-order valence-corrected chi connectivity index (χ1v) is 7.39. The second-order valence-corrected chi connectivity index (χ2v) is 5.95. The van der Waals surface area contributed by atoms with Crippen LogP contribution in [0.25, 0.3) is 0 Å². The van der Waals surface area contributed by atoms with Gasteiger partial charge in [-0.25, -0.2) is 0 Å². The highest BCUT2D eigenvalue weighted by Crippen LogP contribution is 2.25. The number of aromatic nitrogens is 2. The number of nitrogens with zero attached hydrogens (tertiary/aromatic N) is 2. The van der Waals surface area contributed by atoms with Gasteiger partial charge in [-0.05, 0) is 23.6 Å². The molecule has 0 saturated carbocycles. The van der Waals surface area contributed by atoms with E-state index in [9.17, 15) is 0 Å². The van der Waals surface area contributed by atoms with Crippen LogP contribution in [-0.4, -0.2) is 10.2 Å². The maximum Gasteiger partial charge on any atom is 0.276 e. The maximum atomic E-state index is 5.95. The van der Waals surface area contributed by atoms with Crippen molar-refractivity contribution in [3.8, 4) is 0 Å². The van der Waals surface area contributed by atoms with Crippen molar-refractivity contribution >= 4 is 23.4 Å². The number of rotatable bonds is 5. The predicted octanol–water partition coefficient (Wildman–Crippen LogP) is 3.67. The van der Waals surface area contributed by atoms with Gasteiger partial charge < -0.3 is 10.2 Å². The normalized spacial score (nSPS) is 12.9. The van der Waals surface area contributed by atoms with E-state index in [0.29, 0.717) is 11.1 Å². The molecule has 0 aliphatic carbocycles. The average molecular weight is 298 g/mol. The van der Waals surface area contributed by atoms with Crippen LogP contribution in [0.3, 0.4) is 0 Å². The Morgan fingerprint density at radius 3 is 2.58 bits per heavy atom. The predicted molar refractivity (Wildman–Crippen MR) is 77.1 cm³/mol. The molecule has 2 N–H and O–H groups in total. The summed E-state index contributed by atoms with van der Waals surface area (Å²) in [7, 11) is 0. The quantitative estimate of drug-likeness (QED) is 0.853. The van der Waals surface area contributed by atoms with Crippen molar-refractivity contribution in [2.75, 3.05) is 0 Å². The van der Waals surface area contributed by atoms with Crippen molar-refractivity contribution in [1.82, 2.24) is 10.2 Å². The monoisotopic (exact) mass is 297 g/mol. The van der Waals surface area contributed by atoms with Gasteiger partial charge in [0.05, 0.1) is 6.04 Å². The highest BCUT2D eigenvalue weighted by Gasteiger charge is 2.17. The molecular formula is C13H16ClN3OS. The fourth-order valence-electron chi connectivity index (χ4n) is 1.42. The van der Waals surface area contributed by atoms with Crippen molar-refractivity contribution in [3.63, 3.8) is 0 Å². The van der Waals surface area contributed by atoms with E-state index in [0.717, 1.165) is 16.3 Å². The van der Waals surface area contributed by atoms with Crippen LogP contribution in [0.5, 0.6) is 0 Å². The number of benzene rings is 1. The Kier molecular flexibility index (Phi) is 4.85. The summed E-state index contributed by atoms with van der Waals surface area (Å²) in [5.41, 5.74) is 7.11. The Hall–Kier alpha value is -1.04. The van der Waals surface area contributed by atoms with Crippen molar-refractivity contribution < 1.29 is 4.42 Å². The van der Waals surface area contributed by atoms with Gasteiger partial charge in [-0.3, -0.25) is 0 Å². The van der Waals surface area contributed by atoms with Gasteiger partial charge >= 0.3 is 0 Å². The first-order valence-electron chi connectivity index (χ1n) is 6.02. The van der Waals surface area contributed by atoms with Gasteiger partial charge in [0.15, 0.2) is 0 Å². The summed E-state index contributed by atoms with van der Waals surface area (Å²) in [6.07, 6.45) is 0. The molecule has 2 rings (SSSR count). The van der Waals surface area contributed by atoms with Gasteiger partial charge in [-0.2, -0.15) is 0 Å². The highest BCUT2D eigenvalue weighted by molar-refractivity contribution is 7.98. The van der Waals surface area contributed by atoms with Gasteiger partial charge in [0.2, 0.25) is 5.89 Å². The molecule has 0 aliphatic rings. The van der Waals surface area contributed by atoms with Gasteiger partial charge in [0.25, 0.3) is 5.22 Å². The fraction of sp³-hybridized carbons (Fsp3) is 0.385. The molecule has 6 heteroatoms. The standard InChI is InChI=1S/C13H16ClN3OS/c1-8(2)11(15)12-16-17-13(18-12)19-7-9-3-5-10(14)6-4-9/h3-6,8,11H,7,15H2,1-2H3/t11-/m0/s1.